The van der Waals surface area contributed by atoms with Gasteiger partial charge in [0.2, 0.25) is 0 Å². The number of para-hydroxylation sites is 1. The minimum atomic E-state index is -1.99. The van der Waals surface area contributed by atoms with Crippen LogP contribution in [-0.2, 0) is 0 Å². The van der Waals surface area contributed by atoms with Crippen molar-refractivity contribution in [2.75, 3.05) is 14.1 Å². The van der Waals surface area contributed by atoms with Crippen LogP contribution in [-0.4, -0.2) is 20.4 Å². The van der Waals surface area contributed by atoms with Gasteiger partial charge in [-0.05, 0) is 66.6 Å². The van der Waals surface area contributed by atoms with E-state index in [0.717, 1.165) is 49.9 Å². The van der Waals surface area contributed by atoms with Crippen molar-refractivity contribution in [1.82, 2.24) is 4.39 Å². The molecule has 0 radical (unpaired) electrons. The molecule has 1 aliphatic rings. The third-order valence-electron chi connectivity index (χ3n) is 8.65. The second-order valence-electron chi connectivity index (χ2n) is 11.1. The Bertz CT molecular complexity index is 1670. The Morgan fingerprint density at radius 1 is 0.525 bits per heavy atom. The van der Waals surface area contributed by atoms with Crippen molar-refractivity contribution < 1.29 is 13.2 Å². The van der Waals surface area contributed by atoms with Gasteiger partial charge in [0, 0.05) is 19.7 Å². The van der Waals surface area contributed by atoms with E-state index in [-0.39, 0.29) is 17.5 Å². The standard InChI is InChI=1S/C35H29BF3N/c1-24-8-10-25(11-9-24)34-32-6-4-5-7-33(32)40(2,3)36(27-14-20-30(38)21-15-27,28-16-22-31(39)23-17-28)35(34)26-12-18-29(37)19-13-26/h4-23H,1-3H3. The summed E-state index contributed by atoms with van der Waals surface area (Å²) in [5.74, 6) is -0.990. The fraction of sp³-hybridized carbons (Fsp3) is 0.0857. The molecule has 5 aromatic rings. The topological polar surface area (TPSA) is 0 Å². The summed E-state index contributed by atoms with van der Waals surface area (Å²) in [7, 11) is 4.31. The summed E-state index contributed by atoms with van der Waals surface area (Å²) in [4.78, 5) is 0. The highest BCUT2D eigenvalue weighted by molar-refractivity contribution is 7.16. The van der Waals surface area contributed by atoms with Crippen molar-refractivity contribution >= 4 is 33.9 Å². The smallest absolute Gasteiger partial charge is 0.296 e. The van der Waals surface area contributed by atoms with E-state index < -0.39 is 6.28 Å². The number of rotatable bonds is 4. The van der Waals surface area contributed by atoms with Crippen molar-refractivity contribution in [2.24, 2.45) is 0 Å². The van der Waals surface area contributed by atoms with E-state index in [1.165, 1.54) is 36.4 Å². The first-order valence-corrected chi connectivity index (χ1v) is 13.4. The number of fused-ring (bicyclic) bond motifs is 1. The molecule has 0 unspecified atom stereocenters. The summed E-state index contributed by atoms with van der Waals surface area (Å²) in [6, 6.07) is 36.6. The van der Waals surface area contributed by atoms with Gasteiger partial charge in [-0.25, -0.2) is 13.2 Å². The van der Waals surface area contributed by atoms with Crippen LogP contribution in [0.1, 0.15) is 22.3 Å². The molecule has 5 heteroatoms. The number of hydrogen-bond donors (Lipinski definition) is 0. The lowest BCUT2D eigenvalue weighted by atomic mass is 9.19. The zero-order valence-electron chi connectivity index (χ0n) is 22.7. The highest BCUT2D eigenvalue weighted by atomic mass is 19.1. The van der Waals surface area contributed by atoms with E-state index in [2.05, 4.69) is 57.4 Å². The molecule has 0 amide bonds. The van der Waals surface area contributed by atoms with Crippen LogP contribution in [0, 0.1) is 24.4 Å². The molecular formula is C35H29BF3N. The second kappa shape index (κ2) is 9.69. The van der Waals surface area contributed by atoms with Crippen molar-refractivity contribution in [3.05, 3.63) is 161 Å². The first-order valence-electron chi connectivity index (χ1n) is 13.4. The van der Waals surface area contributed by atoms with Gasteiger partial charge in [-0.2, -0.15) is 0 Å². The first-order chi connectivity index (χ1) is 19.2. The molecule has 5 aromatic carbocycles. The molecule has 0 atom stereocenters. The van der Waals surface area contributed by atoms with Crippen LogP contribution in [0.3, 0.4) is 0 Å². The highest BCUT2D eigenvalue weighted by Crippen LogP contribution is 2.50. The number of benzene rings is 5. The van der Waals surface area contributed by atoms with Gasteiger partial charge in [0.25, 0.3) is 6.28 Å². The monoisotopic (exact) mass is 531 g/mol. The van der Waals surface area contributed by atoms with E-state index in [9.17, 15) is 13.2 Å². The van der Waals surface area contributed by atoms with E-state index in [1.54, 1.807) is 0 Å². The van der Waals surface area contributed by atoms with Crippen LogP contribution in [0.2, 0.25) is 0 Å². The maximum Gasteiger partial charge on any atom is 0.296 e. The van der Waals surface area contributed by atoms with Crippen molar-refractivity contribution in [3.8, 4) is 0 Å². The fourth-order valence-corrected chi connectivity index (χ4v) is 6.87. The van der Waals surface area contributed by atoms with Crippen LogP contribution in [0.25, 0.3) is 11.0 Å². The van der Waals surface area contributed by atoms with Crippen LogP contribution < -0.4 is 15.3 Å². The normalized spacial score (nSPS) is 15.6. The molecule has 0 saturated heterocycles. The zero-order valence-corrected chi connectivity index (χ0v) is 22.7. The number of hydrogen-bond acceptors (Lipinski definition) is 0. The molecule has 0 fully saturated rings. The van der Waals surface area contributed by atoms with Gasteiger partial charge in [0.1, 0.15) is 17.5 Å². The van der Waals surface area contributed by atoms with Gasteiger partial charge in [0.15, 0.2) is 0 Å². The van der Waals surface area contributed by atoms with E-state index >= 15 is 0 Å². The van der Waals surface area contributed by atoms with Crippen LogP contribution >= 0.6 is 0 Å². The molecule has 0 spiro atoms. The predicted molar refractivity (Wildman–Crippen MR) is 161 cm³/mol. The second-order valence-corrected chi connectivity index (χ2v) is 11.1. The van der Waals surface area contributed by atoms with Gasteiger partial charge in [-0.3, -0.25) is 0 Å². The lowest BCUT2D eigenvalue weighted by Gasteiger charge is -2.61. The molecule has 1 heterocycles. The molecule has 0 saturated carbocycles. The van der Waals surface area contributed by atoms with Crippen molar-refractivity contribution in [3.63, 3.8) is 0 Å². The Balaban J connectivity index is 1.89. The minimum Gasteiger partial charge on any atom is -0.474 e. The maximum absolute atomic E-state index is 14.4. The summed E-state index contributed by atoms with van der Waals surface area (Å²) < 4.78 is 43.5. The SMILES string of the molecule is Cc1ccc(C2=C(c3ccc(F)cc3)[B-](c3ccc(F)cc3)(c3ccc(F)cc3)[N+](C)(C)c3ccccc32)cc1. The van der Waals surface area contributed by atoms with Gasteiger partial charge >= 0.3 is 0 Å². The lowest BCUT2D eigenvalue weighted by molar-refractivity contribution is 0.608. The van der Waals surface area contributed by atoms with Gasteiger partial charge in [-0.1, -0.05) is 83.9 Å². The largest absolute Gasteiger partial charge is 0.474 e. The van der Waals surface area contributed by atoms with Gasteiger partial charge in [-0.15, -0.1) is 16.4 Å². The predicted octanol–water partition coefficient (Wildman–Crippen LogP) is 7.25. The summed E-state index contributed by atoms with van der Waals surface area (Å²) in [6.45, 7) is 2.05. The van der Waals surface area contributed by atoms with E-state index in [4.69, 9.17) is 0 Å². The fourth-order valence-electron chi connectivity index (χ4n) is 6.87. The molecule has 40 heavy (non-hydrogen) atoms. The summed E-state index contributed by atoms with van der Waals surface area (Å²) in [5, 5.41) is 0. The molecule has 198 valence electrons. The Morgan fingerprint density at radius 3 is 1.50 bits per heavy atom. The van der Waals surface area contributed by atoms with Crippen LogP contribution in [0.5, 0.6) is 0 Å². The third kappa shape index (κ3) is 3.92. The Kier molecular flexibility index (Phi) is 6.27. The van der Waals surface area contributed by atoms with Gasteiger partial charge < -0.3 is 4.39 Å². The summed E-state index contributed by atoms with van der Waals surface area (Å²) in [5.41, 5.74) is 8.97. The molecule has 0 aromatic heterocycles. The molecule has 0 bridgehead atoms. The third-order valence-corrected chi connectivity index (χ3v) is 8.65. The number of quaternary nitrogens is 1. The van der Waals surface area contributed by atoms with E-state index in [1.807, 2.05) is 48.5 Å². The quantitative estimate of drug-likeness (QED) is 0.214. The zero-order chi connectivity index (χ0) is 28.1. The average Bonchev–Trinajstić information content (AvgIpc) is 2.95. The van der Waals surface area contributed by atoms with Crippen LogP contribution in [0.4, 0.5) is 18.9 Å². The molecule has 6 rings (SSSR count). The van der Waals surface area contributed by atoms with Crippen molar-refractivity contribution in [1.29, 1.82) is 0 Å². The van der Waals surface area contributed by atoms with E-state index in [0.29, 0.717) is 4.39 Å². The van der Waals surface area contributed by atoms with Crippen molar-refractivity contribution in [2.45, 2.75) is 6.92 Å². The molecule has 0 aliphatic carbocycles. The summed E-state index contributed by atoms with van der Waals surface area (Å²) in [6.07, 6.45) is -1.99. The van der Waals surface area contributed by atoms with Crippen LogP contribution in [0.15, 0.2) is 121 Å². The van der Waals surface area contributed by atoms with Gasteiger partial charge in [0.05, 0.1) is 5.69 Å². The summed E-state index contributed by atoms with van der Waals surface area (Å²) >= 11 is 0. The first kappa shape index (κ1) is 25.9. The maximum atomic E-state index is 14.4. The number of aryl methyl sites for hydroxylation is 1. The molecule has 0 N–H and O–H groups in total. The minimum absolute atomic E-state index is 0.326. The number of halogens is 3. The average molecular weight is 531 g/mol. The lowest BCUT2D eigenvalue weighted by Crippen LogP contribution is -2.80. The Hall–Kier alpha value is -4.35. The molecular weight excluding hydrogens is 502 g/mol. The molecule has 1 nitrogen and oxygen atoms in total. The highest BCUT2D eigenvalue weighted by Gasteiger charge is 2.53. The Labute approximate surface area is 233 Å². The number of nitrogens with zero attached hydrogens (tertiary/aromatic N) is 1. The molecule has 1 aliphatic heterocycles. The Morgan fingerprint density at radius 2 is 0.975 bits per heavy atom.